The molecule has 0 aromatic carbocycles. The second-order valence-corrected chi connectivity index (χ2v) is 10.8. The third-order valence-corrected chi connectivity index (χ3v) is 9.81. The number of carbonyl (C=O) groups excluding carboxylic acids is 1. The van der Waals surface area contributed by atoms with Crippen molar-refractivity contribution in [3.63, 3.8) is 0 Å². The maximum Gasteiger partial charge on any atom is 0.303 e. The van der Waals surface area contributed by atoms with E-state index in [4.69, 9.17) is 0 Å². The summed E-state index contributed by atoms with van der Waals surface area (Å²) in [6, 6.07) is 0.424. The number of likely N-dealkylation sites (tertiary alicyclic amines) is 1. The third-order valence-electron chi connectivity index (χ3n) is 9.81. The molecule has 4 aliphatic rings. The Hall–Kier alpha value is -1.06. The molecule has 0 aromatic rings. The van der Waals surface area contributed by atoms with E-state index >= 15 is 0 Å². The lowest BCUT2D eigenvalue weighted by atomic mass is 9.46. The average Bonchev–Trinajstić information content (AvgIpc) is 2.95. The van der Waals surface area contributed by atoms with Crippen molar-refractivity contribution < 1.29 is 14.7 Å². The van der Waals surface area contributed by atoms with Gasteiger partial charge in [-0.25, -0.2) is 0 Å². The first-order chi connectivity index (χ1) is 12.7. The molecule has 0 bridgehead atoms. The Morgan fingerprint density at radius 3 is 2.52 bits per heavy atom. The van der Waals surface area contributed by atoms with Crippen LogP contribution in [0.2, 0.25) is 0 Å². The van der Waals surface area contributed by atoms with Crippen molar-refractivity contribution in [2.24, 2.45) is 40.4 Å². The summed E-state index contributed by atoms with van der Waals surface area (Å²) < 4.78 is 0. The van der Waals surface area contributed by atoms with Crippen molar-refractivity contribution in [3.05, 3.63) is 0 Å². The van der Waals surface area contributed by atoms with E-state index in [2.05, 4.69) is 25.7 Å². The van der Waals surface area contributed by atoms with Crippen LogP contribution in [0.25, 0.3) is 0 Å². The Labute approximate surface area is 164 Å². The fraction of sp³-hybridized carbons (Fsp3) is 0.913. The van der Waals surface area contributed by atoms with Gasteiger partial charge in [-0.1, -0.05) is 20.8 Å². The van der Waals surface area contributed by atoms with Crippen LogP contribution in [-0.2, 0) is 9.59 Å². The number of nitrogens with zero attached hydrogens (tertiary/aromatic N) is 1. The fourth-order valence-corrected chi connectivity index (χ4v) is 8.54. The molecule has 3 unspecified atom stereocenters. The molecule has 3 aliphatic carbocycles. The molecule has 4 nitrogen and oxygen atoms in total. The highest BCUT2D eigenvalue weighted by Crippen LogP contribution is 2.67. The van der Waals surface area contributed by atoms with E-state index < -0.39 is 5.97 Å². The van der Waals surface area contributed by atoms with Crippen molar-refractivity contribution in [3.8, 4) is 0 Å². The van der Waals surface area contributed by atoms with E-state index in [1.165, 1.54) is 32.1 Å². The van der Waals surface area contributed by atoms with Gasteiger partial charge in [-0.05, 0) is 85.4 Å². The van der Waals surface area contributed by atoms with Crippen LogP contribution in [0.1, 0.15) is 78.6 Å². The normalized spacial score (nSPS) is 47.8. The van der Waals surface area contributed by atoms with Crippen LogP contribution < -0.4 is 0 Å². The van der Waals surface area contributed by atoms with E-state index in [0.717, 1.165) is 30.6 Å². The lowest BCUT2D eigenvalue weighted by Gasteiger charge is -2.62. The molecule has 1 N–H and O–H groups in total. The summed E-state index contributed by atoms with van der Waals surface area (Å²) in [5.74, 6) is 2.77. The summed E-state index contributed by atoms with van der Waals surface area (Å²) in [5, 5.41) is 9.29. The Kier molecular flexibility index (Phi) is 4.63. The highest BCUT2D eigenvalue weighted by atomic mass is 16.4. The lowest BCUT2D eigenvalue weighted by molar-refractivity contribution is -0.159. The number of aliphatic carboxylic acids is 1. The van der Waals surface area contributed by atoms with Gasteiger partial charge in [0.05, 0.1) is 0 Å². The standard InChI is InChI=1S/C23H37NO3/c1-14(13-21(26)27)16-6-7-17-15-5-8-19-23(3,12-10-20(25)24(19)4)18(15)9-11-22(16,17)2/h14-19H,5-13H2,1-4H3,(H,26,27)/t14-,15?,16-,17?,18?,19-,22-,23-/m1/s1. The Bertz CT molecular complexity index is 633. The second kappa shape index (κ2) is 6.49. The molecule has 1 amide bonds. The summed E-state index contributed by atoms with van der Waals surface area (Å²) in [5.41, 5.74) is 0.591. The molecule has 3 saturated carbocycles. The Morgan fingerprint density at radius 1 is 1.11 bits per heavy atom. The minimum Gasteiger partial charge on any atom is -0.481 e. The maximum absolute atomic E-state index is 12.3. The number of hydrogen-bond acceptors (Lipinski definition) is 2. The number of carboxylic acids is 1. The molecule has 1 aliphatic heterocycles. The summed E-state index contributed by atoms with van der Waals surface area (Å²) in [6.07, 6.45) is 9.49. The molecule has 4 rings (SSSR count). The average molecular weight is 376 g/mol. The molecule has 8 atom stereocenters. The molecule has 0 spiro atoms. The van der Waals surface area contributed by atoms with E-state index in [-0.39, 0.29) is 11.3 Å². The topological polar surface area (TPSA) is 57.6 Å². The number of fused-ring (bicyclic) bond motifs is 5. The smallest absolute Gasteiger partial charge is 0.303 e. The van der Waals surface area contributed by atoms with E-state index in [9.17, 15) is 14.7 Å². The quantitative estimate of drug-likeness (QED) is 0.786. The molecule has 152 valence electrons. The van der Waals surface area contributed by atoms with Crippen LogP contribution in [0.15, 0.2) is 0 Å². The monoisotopic (exact) mass is 375 g/mol. The molecule has 4 heteroatoms. The number of hydrogen-bond donors (Lipinski definition) is 1. The number of carboxylic acid groups (broad SMARTS) is 1. The van der Waals surface area contributed by atoms with Crippen molar-refractivity contribution in [1.82, 2.24) is 4.90 Å². The first-order valence-corrected chi connectivity index (χ1v) is 11.2. The molecular formula is C23H37NO3. The van der Waals surface area contributed by atoms with E-state index in [0.29, 0.717) is 36.1 Å². The Morgan fingerprint density at radius 2 is 1.81 bits per heavy atom. The highest BCUT2D eigenvalue weighted by molar-refractivity contribution is 5.77. The lowest BCUT2D eigenvalue weighted by Crippen LogP contribution is -2.61. The van der Waals surface area contributed by atoms with E-state index in [1.54, 1.807) is 0 Å². The summed E-state index contributed by atoms with van der Waals surface area (Å²) in [6.45, 7) is 7.12. The second-order valence-electron chi connectivity index (χ2n) is 10.8. The summed E-state index contributed by atoms with van der Waals surface area (Å²) >= 11 is 0. The van der Waals surface area contributed by atoms with Crippen molar-refractivity contribution in [2.75, 3.05) is 7.05 Å². The molecule has 4 fully saturated rings. The predicted molar refractivity (Wildman–Crippen MR) is 105 cm³/mol. The molecule has 1 saturated heterocycles. The van der Waals surface area contributed by atoms with E-state index in [1.807, 2.05) is 7.05 Å². The zero-order chi connectivity index (χ0) is 19.6. The van der Waals surface area contributed by atoms with Gasteiger partial charge in [-0.15, -0.1) is 0 Å². The van der Waals surface area contributed by atoms with Crippen LogP contribution in [0.5, 0.6) is 0 Å². The minimum atomic E-state index is -0.647. The first kappa shape index (κ1) is 19.3. The molecule has 1 heterocycles. The number of rotatable bonds is 3. The van der Waals surface area contributed by atoms with Crippen LogP contribution in [0.4, 0.5) is 0 Å². The molecule has 0 aromatic heterocycles. The van der Waals surface area contributed by atoms with Gasteiger partial charge >= 0.3 is 5.97 Å². The van der Waals surface area contributed by atoms with Gasteiger partial charge < -0.3 is 10.0 Å². The van der Waals surface area contributed by atoms with Crippen LogP contribution in [0.3, 0.4) is 0 Å². The van der Waals surface area contributed by atoms with Crippen LogP contribution >= 0.6 is 0 Å². The highest BCUT2D eigenvalue weighted by Gasteiger charge is 2.61. The van der Waals surface area contributed by atoms with Gasteiger partial charge in [-0.2, -0.15) is 0 Å². The largest absolute Gasteiger partial charge is 0.481 e. The molecular weight excluding hydrogens is 338 g/mol. The molecule has 0 radical (unpaired) electrons. The SMILES string of the molecule is C[C@H](CC(=O)O)[C@H]1CCC2C3CC[C@H]4N(C)C(=O)CC[C@]4(C)C3CC[C@@]21C. The van der Waals surface area contributed by atoms with Crippen molar-refractivity contribution in [2.45, 2.75) is 84.6 Å². The predicted octanol–water partition coefficient (Wildman–Crippen LogP) is 4.58. The zero-order valence-corrected chi connectivity index (χ0v) is 17.5. The van der Waals surface area contributed by atoms with Gasteiger partial charge in [0, 0.05) is 25.9 Å². The zero-order valence-electron chi connectivity index (χ0n) is 17.5. The van der Waals surface area contributed by atoms with Crippen molar-refractivity contribution >= 4 is 11.9 Å². The minimum absolute atomic E-state index is 0.275. The molecule has 27 heavy (non-hydrogen) atoms. The third kappa shape index (κ3) is 2.76. The summed E-state index contributed by atoms with van der Waals surface area (Å²) in [7, 11) is 2.02. The maximum atomic E-state index is 12.3. The van der Waals surface area contributed by atoms with Crippen molar-refractivity contribution in [1.29, 1.82) is 0 Å². The van der Waals surface area contributed by atoms with Crippen LogP contribution in [0, 0.1) is 40.4 Å². The van der Waals surface area contributed by atoms with Gasteiger partial charge in [0.1, 0.15) is 0 Å². The van der Waals surface area contributed by atoms with Crippen LogP contribution in [-0.4, -0.2) is 35.0 Å². The number of carbonyl (C=O) groups is 2. The number of amides is 1. The Balaban J connectivity index is 1.57. The fourth-order valence-electron chi connectivity index (χ4n) is 8.54. The summed E-state index contributed by atoms with van der Waals surface area (Å²) in [4.78, 5) is 25.6. The number of piperidine rings is 1. The van der Waals surface area contributed by atoms with Gasteiger partial charge in [0.15, 0.2) is 0 Å². The van der Waals surface area contributed by atoms with Gasteiger partial charge in [0.2, 0.25) is 5.91 Å². The van der Waals surface area contributed by atoms with Gasteiger partial charge in [-0.3, -0.25) is 9.59 Å². The van der Waals surface area contributed by atoms with Gasteiger partial charge in [0.25, 0.3) is 0 Å². The first-order valence-electron chi connectivity index (χ1n) is 11.2.